The Morgan fingerprint density at radius 3 is 2.67 bits per heavy atom. The molecule has 0 N–H and O–H groups in total. The zero-order valence-corrected chi connectivity index (χ0v) is 10.2. The summed E-state index contributed by atoms with van der Waals surface area (Å²) < 4.78 is 34.3. The summed E-state index contributed by atoms with van der Waals surface area (Å²) in [6.45, 7) is 3.30. The summed E-state index contributed by atoms with van der Waals surface area (Å²) in [6.07, 6.45) is -0.989. The largest absolute Gasteiger partial charge is 0.372 e. The van der Waals surface area contributed by atoms with E-state index in [1.807, 2.05) is 0 Å². The fraction of sp³-hybridized carbons (Fsp3) is 0.778. The van der Waals surface area contributed by atoms with Crippen LogP contribution in [0.2, 0.25) is 0 Å². The van der Waals surface area contributed by atoms with E-state index in [9.17, 15) is 18.5 Å². The maximum absolute atomic E-state index is 11.9. The van der Waals surface area contributed by atoms with Gasteiger partial charge in [-0.3, -0.25) is 0 Å². The first-order valence-corrected chi connectivity index (χ1v) is 7.04. The molecule has 0 aromatic rings. The average Bonchev–Trinajstić information content (AvgIpc) is 2.80. The third kappa shape index (κ3) is 2.33. The summed E-state index contributed by atoms with van der Waals surface area (Å²) in [5, 5.41) is 8.52. The third-order valence-electron chi connectivity index (χ3n) is 3.00. The normalized spacial score (nSPS) is 35.1. The second-order valence-electron chi connectivity index (χ2n) is 4.12. The standard InChI is InChI=1S/C9H13NO7S/c1-2-3-18(13,14)7-5-16-8-6(17-10(11)12)4-15-9(7)8/h2,6-9H,1,3-5H2. The number of fused-ring (bicyclic) bond motifs is 1. The number of hydrogen-bond donors (Lipinski definition) is 0. The summed E-state index contributed by atoms with van der Waals surface area (Å²) >= 11 is 0. The lowest BCUT2D eigenvalue weighted by atomic mass is 10.1. The molecule has 2 fully saturated rings. The number of ether oxygens (including phenoxy) is 2. The Kier molecular flexibility index (Phi) is 3.55. The van der Waals surface area contributed by atoms with Crippen LogP contribution in [0.5, 0.6) is 0 Å². The topological polar surface area (TPSA) is 105 Å². The van der Waals surface area contributed by atoms with Crippen molar-refractivity contribution < 1.29 is 27.8 Å². The van der Waals surface area contributed by atoms with E-state index in [2.05, 4.69) is 11.4 Å². The molecule has 4 atom stereocenters. The number of hydrogen-bond acceptors (Lipinski definition) is 7. The highest BCUT2D eigenvalue weighted by atomic mass is 32.2. The van der Waals surface area contributed by atoms with Gasteiger partial charge in [0.15, 0.2) is 15.9 Å². The van der Waals surface area contributed by atoms with Crippen molar-refractivity contribution in [1.29, 1.82) is 0 Å². The van der Waals surface area contributed by atoms with Crippen LogP contribution in [0, 0.1) is 10.1 Å². The van der Waals surface area contributed by atoms with E-state index >= 15 is 0 Å². The Morgan fingerprint density at radius 2 is 2.06 bits per heavy atom. The maximum Gasteiger partial charge on any atom is 0.294 e. The fourth-order valence-electron chi connectivity index (χ4n) is 2.23. The quantitative estimate of drug-likeness (QED) is 0.373. The summed E-state index contributed by atoms with van der Waals surface area (Å²) in [6, 6.07) is 0. The number of nitrogens with zero attached hydrogens (tertiary/aromatic N) is 1. The maximum atomic E-state index is 11.9. The van der Waals surface area contributed by atoms with Crippen molar-refractivity contribution in [1.82, 2.24) is 0 Å². The first kappa shape index (κ1) is 13.2. The van der Waals surface area contributed by atoms with Gasteiger partial charge >= 0.3 is 0 Å². The monoisotopic (exact) mass is 279 g/mol. The van der Waals surface area contributed by atoms with Crippen LogP contribution in [0.4, 0.5) is 0 Å². The molecule has 0 aromatic heterocycles. The van der Waals surface area contributed by atoms with E-state index in [0.29, 0.717) is 0 Å². The van der Waals surface area contributed by atoms with Gasteiger partial charge in [-0.25, -0.2) is 8.42 Å². The van der Waals surface area contributed by atoms with Crippen LogP contribution >= 0.6 is 0 Å². The molecule has 18 heavy (non-hydrogen) atoms. The molecule has 4 unspecified atom stereocenters. The average molecular weight is 279 g/mol. The third-order valence-corrected chi connectivity index (χ3v) is 5.02. The van der Waals surface area contributed by atoms with Crippen molar-refractivity contribution in [3.8, 4) is 0 Å². The van der Waals surface area contributed by atoms with Crippen LogP contribution in [0.25, 0.3) is 0 Å². The van der Waals surface area contributed by atoms with Gasteiger partial charge in [0.1, 0.15) is 17.5 Å². The molecule has 2 rings (SSSR count). The van der Waals surface area contributed by atoms with E-state index in [0.717, 1.165) is 0 Å². The molecule has 2 aliphatic rings. The van der Waals surface area contributed by atoms with E-state index in [1.54, 1.807) is 0 Å². The van der Waals surface area contributed by atoms with E-state index in [-0.39, 0.29) is 19.0 Å². The zero-order chi connectivity index (χ0) is 13.3. The van der Waals surface area contributed by atoms with Gasteiger partial charge in [0.2, 0.25) is 0 Å². The Labute approximate surface area is 104 Å². The smallest absolute Gasteiger partial charge is 0.294 e. The molecular formula is C9H13NO7S. The van der Waals surface area contributed by atoms with Gasteiger partial charge < -0.3 is 14.3 Å². The second-order valence-corrected chi connectivity index (χ2v) is 6.38. The Balaban J connectivity index is 2.09. The molecule has 0 amide bonds. The predicted molar refractivity (Wildman–Crippen MR) is 59.1 cm³/mol. The molecule has 0 aliphatic carbocycles. The molecule has 0 spiro atoms. The molecule has 2 saturated heterocycles. The second kappa shape index (κ2) is 4.82. The van der Waals surface area contributed by atoms with Crippen LogP contribution in [0.15, 0.2) is 12.7 Å². The lowest BCUT2D eigenvalue weighted by molar-refractivity contribution is -0.769. The number of sulfone groups is 1. The van der Waals surface area contributed by atoms with Crippen molar-refractivity contribution in [3.05, 3.63) is 22.8 Å². The zero-order valence-electron chi connectivity index (χ0n) is 9.43. The highest BCUT2D eigenvalue weighted by Gasteiger charge is 2.53. The SMILES string of the molecule is C=CCS(=O)(=O)C1COC2C(O[N+](=O)[O-])COC21. The molecule has 102 valence electrons. The van der Waals surface area contributed by atoms with Crippen LogP contribution < -0.4 is 0 Å². The van der Waals surface area contributed by atoms with E-state index in [4.69, 9.17) is 9.47 Å². The predicted octanol–water partition coefficient (Wildman–Crippen LogP) is -0.670. The molecule has 0 aromatic carbocycles. The van der Waals surface area contributed by atoms with Crippen molar-refractivity contribution in [2.24, 2.45) is 0 Å². The van der Waals surface area contributed by atoms with E-state index < -0.39 is 38.5 Å². The van der Waals surface area contributed by atoms with Crippen LogP contribution in [-0.4, -0.2) is 56.0 Å². The minimum atomic E-state index is -3.41. The van der Waals surface area contributed by atoms with Crippen LogP contribution in [0.1, 0.15) is 0 Å². The molecule has 9 heteroatoms. The molecule has 2 aliphatic heterocycles. The Morgan fingerprint density at radius 1 is 1.39 bits per heavy atom. The van der Waals surface area contributed by atoms with Crippen molar-refractivity contribution in [3.63, 3.8) is 0 Å². The van der Waals surface area contributed by atoms with Crippen molar-refractivity contribution in [2.45, 2.75) is 23.6 Å². The summed E-state index contributed by atoms with van der Waals surface area (Å²) in [4.78, 5) is 14.7. The number of rotatable bonds is 5. The molecule has 0 bridgehead atoms. The van der Waals surface area contributed by atoms with Gasteiger partial charge in [-0.2, -0.15) is 0 Å². The van der Waals surface area contributed by atoms with Crippen LogP contribution in [-0.2, 0) is 24.1 Å². The molecule has 0 radical (unpaired) electrons. The lowest BCUT2D eigenvalue weighted by Gasteiger charge is -2.15. The van der Waals surface area contributed by atoms with Gasteiger partial charge in [0, 0.05) is 0 Å². The van der Waals surface area contributed by atoms with Crippen molar-refractivity contribution >= 4 is 9.84 Å². The van der Waals surface area contributed by atoms with Gasteiger partial charge in [-0.05, 0) is 0 Å². The van der Waals surface area contributed by atoms with Gasteiger partial charge in [-0.1, -0.05) is 6.08 Å². The van der Waals surface area contributed by atoms with Crippen LogP contribution in [0.3, 0.4) is 0 Å². The Bertz CT molecular complexity index is 448. The minimum absolute atomic E-state index is 0.0386. The first-order chi connectivity index (χ1) is 8.45. The highest BCUT2D eigenvalue weighted by molar-refractivity contribution is 7.92. The Hall–Kier alpha value is -1.19. The van der Waals surface area contributed by atoms with E-state index in [1.165, 1.54) is 6.08 Å². The van der Waals surface area contributed by atoms with Gasteiger partial charge in [0.25, 0.3) is 5.09 Å². The molecule has 8 nitrogen and oxygen atoms in total. The highest BCUT2D eigenvalue weighted by Crippen LogP contribution is 2.32. The molecular weight excluding hydrogens is 266 g/mol. The molecule has 0 saturated carbocycles. The summed E-state index contributed by atoms with van der Waals surface area (Å²) in [5.74, 6) is -0.172. The van der Waals surface area contributed by atoms with Crippen molar-refractivity contribution in [2.75, 3.05) is 19.0 Å². The summed E-state index contributed by atoms with van der Waals surface area (Å²) in [7, 11) is -3.41. The summed E-state index contributed by atoms with van der Waals surface area (Å²) in [5.41, 5.74) is 0. The first-order valence-electron chi connectivity index (χ1n) is 5.32. The van der Waals surface area contributed by atoms with Gasteiger partial charge in [-0.15, -0.1) is 16.7 Å². The lowest BCUT2D eigenvalue weighted by Crippen LogP contribution is -2.38. The minimum Gasteiger partial charge on any atom is -0.372 e. The molecule has 2 heterocycles. The van der Waals surface area contributed by atoms with Gasteiger partial charge in [0.05, 0.1) is 19.0 Å². The fourth-order valence-corrected chi connectivity index (χ4v) is 3.73.